The lowest BCUT2D eigenvalue weighted by Gasteiger charge is -2.24. The van der Waals surface area contributed by atoms with Gasteiger partial charge in [-0.15, -0.1) is 11.3 Å². The van der Waals surface area contributed by atoms with Gasteiger partial charge < -0.3 is 31.5 Å². The van der Waals surface area contributed by atoms with Crippen LogP contribution in [0.15, 0.2) is 66.7 Å². The van der Waals surface area contributed by atoms with Gasteiger partial charge in [-0.05, 0) is 30.4 Å². The summed E-state index contributed by atoms with van der Waals surface area (Å²) in [6.07, 6.45) is 0.935. The van der Waals surface area contributed by atoms with E-state index in [1.165, 1.54) is 16.0 Å². The van der Waals surface area contributed by atoms with Crippen LogP contribution < -0.4 is 11.1 Å². The van der Waals surface area contributed by atoms with E-state index in [4.69, 9.17) is 26.2 Å². The Morgan fingerprint density at radius 2 is 1.53 bits per heavy atom. The van der Waals surface area contributed by atoms with Crippen molar-refractivity contribution in [3.8, 4) is 11.3 Å². The Morgan fingerprint density at radius 1 is 0.972 bits per heavy atom. The maximum atomic E-state index is 9.77. The summed E-state index contributed by atoms with van der Waals surface area (Å²) in [5, 5.41) is 36.8. The number of hydrogen-bond acceptors (Lipinski definition) is 8. The van der Waals surface area contributed by atoms with Crippen molar-refractivity contribution in [1.29, 1.82) is 0 Å². The molecule has 0 bridgehead atoms. The molecule has 0 spiro atoms. The summed E-state index contributed by atoms with van der Waals surface area (Å²) < 4.78 is 0. The Hall–Kier alpha value is -3.57. The van der Waals surface area contributed by atoms with E-state index in [0.29, 0.717) is 11.2 Å². The van der Waals surface area contributed by atoms with Gasteiger partial charge in [0.15, 0.2) is 17.3 Å². The van der Waals surface area contributed by atoms with Crippen LogP contribution in [0.3, 0.4) is 0 Å². The Kier molecular flexibility index (Phi) is 9.71. The Balaban J connectivity index is 0.000000308. The van der Waals surface area contributed by atoms with Crippen LogP contribution in [0.5, 0.6) is 0 Å². The number of nitrogen functional groups attached to an aromatic ring is 1. The minimum atomic E-state index is -2.27. The second-order valence-corrected chi connectivity index (χ2v) is 9.31. The number of rotatable bonds is 8. The summed E-state index contributed by atoms with van der Waals surface area (Å²) in [5.74, 6) is -3.54. The first-order chi connectivity index (χ1) is 17.3. The molecule has 0 saturated heterocycles. The normalized spacial score (nSPS) is 16.7. The van der Waals surface area contributed by atoms with Crippen molar-refractivity contribution >= 4 is 34.0 Å². The first-order valence-electron chi connectivity index (χ1n) is 11.4. The third-order valence-electron chi connectivity index (χ3n) is 5.65. The van der Waals surface area contributed by atoms with E-state index in [2.05, 4.69) is 58.8 Å². The molecule has 1 aliphatic rings. The van der Waals surface area contributed by atoms with Gasteiger partial charge in [-0.3, -0.25) is 0 Å². The zero-order chi connectivity index (χ0) is 26.1. The average Bonchev–Trinajstić information content (AvgIpc) is 3.28. The third-order valence-corrected chi connectivity index (χ3v) is 6.60. The number of nitrogens with two attached hydrogens (primary N) is 1. The number of aliphatic hydroxyl groups is 2. The highest BCUT2D eigenvalue weighted by Crippen LogP contribution is 2.32. The molecular weight excluding hydrogens is 482 g/mol. The topological polar surface area (TPSA) is 166 Å². The van der Waals surface area contributed by atoms with Gasteiger partial charge in [-0.2, -0.15) is 0 Å². The van der Waals surface area contributed by atoms with Crippen LogP contribution in [0.4, 0.5) is 5.13 Å². The summed E-state index contributed by atoms with van der Waals surface area (Å²) in [6.45, 7) is 0.936. The Morgan fingerprint density at radius 3 is 2.08 bits per heavy atom. The summed E-state index contributed by atoms with van der Waals surface area (Å²) in [6, 6.07) is 21.5. The van der Waals surface area contributed by atoms with Crippen molar-refractivity contribution in [2.45, 2.75) is 37.5 Å². The van der Waals surface area contributed by atoms with E-state index >= 15 is 0 Å². The van der Waals surface area contributed by atoms with E-state index in [1.54, 1.807) is 11.3 Å². The van der Waals surface area contributed by atoms with Crippen molar-refractivity contribution in [1.82, 2.24) is 10.3 Å². The number of aliphatic hydroxyl groups excluding tert-OH is 2. The molecule has 36 heavy (non-hydrogen) atoms. The molecule has 4 rings (SSSR count). The van der Waals surface area contributed by atoms with E-state index in [0.717, 1.165) is 37.1 Å². The van der Waals surface area contributed by atoms with E-state index in [9.17, 15) is 9.59 Å². The molecule has 10 heteroatoms. The third kappa shape index (κ3) is 7.46. The number of benzene rings is 2. The largest absolute Gasteiger partial charge is 0.479 e. The molecule has 0 amide bonds. The Labute approximate surface area is 212 Å². The predicted octanol–water partition coefficient (Wildman–Crippen LogP) is 2.65. The van der Waals surface area contributed by atoms with E-state index in [1.807, 2.05) is 18.2 Å². The minimum Gasteiger partial charge on any atom is -0.479 e. The van der Waals surface area contributed by atoms with Gasteiger partial charge in [0.1, 0.15) is 0 Å². The number of carboxylic acids is 2. The molecule has 3 aromatic rings. The molecule has 9 nitrogen and oxygen atoms in total. The number of carboxylic acid groups (broad SMARTS) is 2. The first-order valence-corrected chi connectivity index (χ1v) is 12.2. The molecule has 0 saturated carbocycles. The number of nitrogens with zero attached hydrogens (tertiary/aromatic N) is 1. The highest BCUT2D eigenvalue weighted by atomic mass is 32.1. The van der Waals surface area contributed by atoms with Crippen LogP contribution in [0, 0.1) is 0 Å². The first kappa shape index (κ1) is 27.0. The minimum absolute atomic E-state index is 0.488. The van der Waals surface area contributed by atoms with Crippen LogP contribution >= 0.6 is 11.3 Å². The zero-order valence-electron chi connectivity index (χ0n) is 19.4. The summed E-state index contributed by atoms with van der Waals surface area (Å²) in [7, 11) is 0. The van der Waals surface area contributed by atoms with Gasteiger partial charge >= 0.3 is 11.9 Å². The van der Waals surface area contributed by atoms with Crippen molar-refractivity contribution < 1.29 is 30.0 Å². The second kappa shape index (κ2) is 12.9. The molecule has 0 radical (unpaired) electrons. The number of carbonyl (C=O) groups is 2. The highest BCUT2D eigenvalue weighted by molar-refractivity contribution is 7.15. The number of aliphatic carboxylic acids is 2. The van der Waals surface area contributed by atoms with Gasteiger partial charge in [0.05, 0.1) is 5.69 Å². The monoisotopic (exact) mass is 511 g/mol. The average molecular weight is 512 g/mol. The van der Waals surface area contributed by atoms with Crippen LogP contribution in [0.25, 0.3) is 16.8 Å². The molecule has 3 unspecified atom stereocenters. The molecule has 2 aromatic carbocycles. The van der Waals surface area contributed by atoms with Gasteiger partial charge in [-0.1, -0.05) is 66.7 Å². The fourth-order valence-corrected chi connectivity index (χ4v) is 4.67. The quantitative estimate of drug-likeness (QED) is 0.266. The number of nitrogens with one attached hydrogen (secondary N) is 1. The smallest absolute Gasteiger partial charge is 0.335 e. The van der Waals surface area contributed by atoms with Crippen molar-refractivity contribution in [3.05, 3.63) is 77.2 Å². The van der Waals surface area contributed by atoms with Crippen LogP contribution in [0.1, 0.15) is 23.3 Å². The van der Waals surface area contributed by atoms with Gasteiger partial charge in [0, 0.05) is 23.0 Å². The van der Waals surface area contributed by atoms with Crippen LogP contribution in [-0.2, 0) is 16.0 Å². The molecule has 0 fully saturated rings. The van der Waals surface area contributed by atoms with Gasteiger partial charge in [0.2, 0.25) is 0 Å². The van der Waals surface area contributed by atoms with Crippen LogP contribution in [-0.4, -0.2) is 62.1 Å². The number of thiazole rings is 1. The fraction of sp³-hybridized carbons (Fsp3) is 0.269. The molecule has 7 N–H and O–H groups in total. The summed E-state index contributed by atoms with van der Waals surface area (Å²) in [4.78, 5) is 25.4. The molecule has 0 aliphatic carbocycles. The van der Waals surface area contributed by atoms with Crippen molar-refractivity contribution in [2.75, 3.05) is 12.3 Å². The van der Waals surface area contributed by atoms with Crippen LogP contribution in [0.2, 0.25) is 0 Å². The lowest BCUT2D eigenvalue weighted by Crippen LogP contribution is -2.39. The standard InChI is InChI=1S/C22H23N3S.C4H6O6/c23-22-25-21(17-9-5-2-6-10-17)20(26-22)12-11-19-15-18(13-14-24-19)16-7-3-1-4-8-16;5-1(3(7)8)2(6)4(9)10/h1-10,13,19,24H,11-12,14-15H2,(H2,23,25);1-2,5-6H,(H,7,8)(H,9,10). The zero-order valence-corrected chi connectivity index (χ0v) is 20.3. The maximum Gasteiger partial charge on any atom is 0.335 e. The van der Waals surface area contributed by atoms with Crippen molar-refractivity contribution in [3.63, 3.8) is 0 Å². The predicted molar refractivity (Wildman–Crippen MR) is 138 cm³/mol. The number of aryl methyl sites for hydroxylation is 1. The Bertz CT molecular complexity index is 1160. The van der Waals surface area contributed by atoms with Crippen molar-refractivity contribution in [2.24, 2.45) is 0 Å². The summed E-state index contributed by atoms with van der Waals surface area (Å²) >= 11 is 1.62. The summed E-state index contributed by atoms with van der Waals surface area (Å²) in [5.41, 5.74) is 11.0. The molecule has 1 aromatic heterocycles. The molecular formula is C26H29N3O6S. The lowest BCUT2D eigenvalue weighted by atomic mass is 9.93. The number of aromatic nitrogens is 1. The van der Waals surface area contributed by atoms with Gasteiger partial charge in [0.25, 0.3) is 0 Å². The molecule has 1 aliphatic heterocycles. The second-order valence-electron chi connectivity index (χ2n) is 8.20. The number of anilines is 1. The lowest BCUT2D eigenvalue weighted by molar-refractivity contribution is -0.165. The highest BCUT2D eigenvalue weighted by Gasteiger charge is 2.29. The molecule has 2 heterocycles. The molecule has 3 atom stereocenters. The molecule has 190 valence electrons. The van der Waals surface area contributed by atoms with Gasteiger partial charge in [-0.25, -0.2) is 14.6 Å². The number of hydrogen-bond donors (Lipinski definition) is 6. The maximum absolute atomic E-state index is 9.77. The van der Waals surface area contributed by atoms with E-state index < -0.39 is 24.1 Å². The SMILES string of the molecule is Nc1nc(-c2ccccc2)c(CCC2CC(c3ccccc3)=CCN2)s1.O=C(O)C(O)C(O)C(=O)O. The fourth-order valence-electron chi connectivity index (χ4n) is 3.80. The van der Waals surface area contributed by atoms with E-state index in [-0.39, 0.29) is 0 Å².